The van der Waals surface area contributed by atoms with Gasteiger partial charge in [-0.2, -0.15) is 0 Å². The van der Waals surface area contributed by atoms with Gasteiger partial charge in [-0.15, -0.1) is 0 Å². The van der Waals surface area contributed by atoms with Gasteiger partial charge in [0.1, 0.15) is 0 Å². The second-order valence-corrected chi connectivity index (χ2v) is 5.54. The summed E-state index contributed by atoms with van der Waals surface area (Å²) in [5.41, 5.74) is 8.24. The number of ether oxygens (including phenoxy) is 1. The monoisotopic (exact) mass is 290 g/mol. The molecule has 1 aliphatic rings. The summed E-state index contributed by atoms with van der Waals surface area (Å²) in [4.78, 5) is 14.3. The quantitative estimate of drug-likeness (QED) is 0.665. The van der Waals surface area contributed by atoms with Crippen LogP contribution in [-0.4, -0.2) is 25.2 Å². The van der Waals surface area contributed by atoms with Crippen LogP contribution in [0.25, 0.3) is 0 Å². The first-order valence-corrected chi connectivity index (χ1v) is 8.01. The van der Waals surface area contributed by atoms with Gasteiger partial charge < -0.3 is 15.4 Å². The lowest BCUT2D eigenvalue weighted by Gasteiger charge is -2.36. The normalized spacial score (nSPS) is 15.7. The molecular weight excluding hydrogens is 264 g/mol. The Morgan fingerprint density at radius 2 is 2.00 bits per heavy atom. The van der Waals surface area contributed by atoms with E-state index < -0.39 is 0 Å². The highest BCUT2D eigenvalue weighted by Crippen LogP contribution is 2.32. The summed E-state index contributed by atoms with van der Waals surface area (Å²) in [7, 11) is 0. The molecule has 1 aromatic carbocycles. The fourth-order valence-corrected chi connectivity index (χ4v) is 3.21. The summed E-state index contributed by atoms with van der Waals surface area (Å²) >= 11 is 0. The maximum absolute atomic E-state index is 12.0. The minimum Gasteiger partial charge on any atom is -0.462 e. The molecule has 0 aromatic heterocycles. The van der Waals surface area contributed by atoms with E-state index in [2.05, 4.69) is 11.8 Å². The van der Waals surface area contributed by atoms with E-state index in [4.69, 9.17) is 10.5 Å². The summed E-state index contributed by atoms with van der Waals surface area (Å²) < 4.78 is 5.09. The van der Waals surface area contributed by atoms with Gasteiger partial charge in [0.15, 0.2) is 0 Å². The molecule has 1 aromatic rings. The number of carbonyl (C=O) groups excluding carboxylic acids is 1. The van der Waals surface area contributed by atoms with E-state index in [1.807, 2.05) is 12.1 Å². The molecular formula is C17H26N2O2. The molecule has 0 bridgehead atoms. The van der Waals surface area contributed by atoms with E-state index in [0.29, 0.717) is 23.9 Å². The van der Waals surface area contributed by atoms with E-state index in [0.717, 1.165) is 12.2 Å². The molecule has 0 heterocycles. The molecule has 1 saturated carbocycles. The molecule has 2 N–H and O–H groups in total. The van der Waals surface area contributed by atoms with Gasteiger partial charge >= 0.3 is 5.97 Å². The average molecular weight is 290 g/mol. The Balaban J connectivity index is 2.28. The zero-order valence-corrected chi connectivity index (χ0v) is 13.1. The molecule has 0 aliphatic heterocycles. The molecule has 4 nitrogen and oxygen atoms in total. The van der Waals surface area contributed by atoms with Crippen molar-refractivity contribution in [1.29, 1.82) is 0 Å². The minimum absolute atomic E-state index is 0.337. The van der Waals surface area contributed by atoms with Crippen LogP contribution in [0, 0.1) is 0 Å². The fourth-order valence-electron chi connectivity index (χ4n) is 3.21. The van der Waals surface area contributed by atoms with Crippen molar-refractivity contribution < 1.29 is 9.53 Å². The molecule has 1 aliphatic carbocycles. The van der Waals surface area contributed by atoms with Gasteiger partial charge in [0.2, 0.25) is 0 Å². The SMILES string of the molecule is CCOC(=O)c1cccc(N(CC)C2CCCCC2)c1N. The van der Waals surface area contributed by atoms with Crippen LogP contribution in [0.4, 0.5) is 11.4 Å². The Kier molecular flexibility index (Phi) is 5.48. The molecule has 4 heteroatoms. The molecule has 0 spiro atoms. The van der Waals surface area contributed by atoms with Gasteiger partial charge in [0, 0.05) is 12.6 Å². The third kappa shape index (κ3) is 3.49. The Morgan fingerprint density at radius 3 is 2.62 bits per heavy atom. The number of rotatable bonds is 5. The summed E-state index contributed by atoms with van der Waals surface area (Å²) in [6.45, 7) is 5.22. The molecule has 116 valence electrons. The van der Waals surface area contributed by atoms with Crippen LogP contribution < -0.4 is 10.6 Å². The third-order valence-corrected chi connectivity index (χ3v) is 4.24. The molecule has 0 unspecified atom stereocenters. The van der Waals surface area contributed by atoms with Crippen LogP contribution in [0.2, 0.25) is 0 Å². The smallest absolute Gasteiger partial charge is 0.340 e. The molecule has 1 fully saturated rings. The van der Waals surface area contributed by atoms with Gasteiger partial charge in [-0.1, -0.05) is 25.3 Å². The predicted molar refractivity (Wildman–Crippen MR) is 86.7 cm³/mol. The molecule has 0 radical (unpaired) electrons. The number of nitrogens with zero attached hydrogens (tertiary/aromatic N) is 1. The van der Waals surface area contributed by atoms with Crippen LogP contribution in [0.3, 0.4) is 0 Å². The van der Waals surface area contributed by atoms with Crippen LogP contribution >= 0.6 is 0 Å². The maximum atomic E-state index is 12.0. The van der Waals surface area contributed by atoms with Gasteiger partial charge in [-0.05, 0) is 38.8 Å². The second kappa shape index (κ2) is 7.34. The topological polar surface area (TPSA) is 55.6 Å². The Bertz CT molecular complexity index is 482. The summed E-state index contributed by atoms with van der Waals surface area (Å²) in [6.07, 6.45) is 6.29. The lowest BCUT2D eigenvalue weighted by atomic mass is 9.93. The van der Waals surface area contributed by atoms with Crippen molar-refractivity contribution in [3.8, 4) is 0 Å². The van der Waals surface area contributed by atoms with Crippen molar-refractivity contribution >= 4 is 17.3 Å². The third-order valence-electron chi connectivity index (χ3n) is 4.24. The minimum atomic E-state index is -0.337. The zero-order valence-electron chi connectivity index (χ0n) is 13.1. The van der Waals surface area contributed by atoms with Gasteiger partial charge in [-0.3, -0.25) is 0 Å². The number of para-hydroxylation sites is 1. The summed E-state index contributed by atoms with van der Waals surface area (Å²) in [6, 6.07) is 6.17. The van der Waals surface area contributed by atoms with Gasteiger partial charge in [0.25, 0.3) is 0 Å². The van der Waals surface area contributed by atoms with E-state index in [-0.39, 0.29) is 5.97 Å². The number of hydrogen-bond donors (Lipinski definition) is 1. The first kappa shape index (κ1) is 15.7. The molecule has 0 amide bonds. The first-order chi connectivity index (χ1) is 10.2. The van der Waals surface area contributed by atoms with Crippen molar-refractivity contribution in [2.75, 3.05) is 23.8 Å². The van der Waals surface area contributed by atoms with Crippen LogP contribution in [-0.2, 0) is 4.74 Å². The van der Waals surface area contributed by atoms with E-state index in [9.17, 15) is 4.79 Å². The maximum Gasteiger partial charge on any atom is 0.340 e. The van der Waals surface area contributed by atoms with Crippen molar-refractivity contribution in [3.05, 3.63) is 23.8 Å². The highest BCUT2D eigenvalue weighted by atomic mass is 16.5. The van der Waals surface area contributed by atoms with E-state index in [1.165, 1.54) is 32.1 Å². The van der Waals surface area contributed by atoms with Crippen LogP contribution in [0.5, 0.6) is 0 Å². The van der Waals surface area contributed by atoms with Crippen molar-refractivity contribution in [1.82, 2.24) is 0 Å². The fraction of sp³-hybridized carbons (Fsp3) is 0.588. The Morgan fingerprint density at radius 1 is 1.29 bits per heavy atom. The molecule has 0 saturated heterocycles. The van der Waals surface area contributed by atoms with Crippen molar-refractivity contribution in [2.45, 2.75) is 52.0 Å². The molecule has 0 atom stereocenters. The summed E-state index contributed by atoms with van der Waals surface area (Å²) in [5, 5.41) is 0. The highest BCUT2D eigenvalue weighted by Gasteiger charge is 2.23. The molecule has 21 heavy (non-hydrogen) atoms. The number of anilines is 2. The number of nitrogens with two attached hydrogens (primary N) is 1. The van der Waals surface area contributed by atoms with Crippen LogP contribution in [0.15, 0.2) is 18.2 Å². The standard InChI is InChI=1S/C17H26N2O2/c1-3-19(13-9-6-5-7-10-13)15-12-8-11-14(16(15)18)17(20)21-4-2/h8,11-13H,3-7,9-10,18H2,1-2H3. The number of esters is 1. The number of benzene rings is 1. The second-order valence-electron chi connectivity index (χ2n) is 5.54. The average Bonchev–Trinajstić information content (AvgIpc) is 2.51. The van der Waals surface area contributed by atoms with E-state index in [1.54, 1.807) is 13.0 Å². The summed E-state index contributed by atoms with van der Waals surface area (Å²) in [5.74, 6) is -0.337. The van der Waals surface area contributed by atoms with Gasteiger partial charge in [-0.25, -0.2) is 4.79 Å². The molecule has 2 rings (SSSR count). The van der Waals surface area contributed by atoms with Gasteiger partial charge in [0.05, 0.1) is 23.5 Å². The van der Waals surface area contributed by atoms with Crippen molar-refractivity contribution in [3.63, 3.8) is 0 Å². The van der Waals surface area contributed by atoms with Crippen molar-refractivity contribution in [2.24, 2.45) is 0 Å². The number of hydrogen-bond acceptors (Lipinski definition) is 4. The van der Waals surface area contributed by atoms with Crippen LogP contribution in [0.1, 0.15) is 56.3 Å². The Hall–Kier alpha value is -1.71. The number of carbonyl (C=O) groups is 1. The zero-order chi connectivity index (χ0) is 15.2. The largest absolute Gasteiger partial charge is 0.462 e. The lowest BCUT2D eigenvalue weighted by molar-refractivity contribution is 0.0527. The number of nitrogen functional groups attached to an aromatic ring is 1. The Labute approximate surface area is 127 Å². The van der Waals surface area contributed by atoms with E-state index >= 15 is 0 Å². The lowest BCUT2D eigenvalue weighted by Crippen LogP contribution is -2.37. The highest BCUT2D eigenvalue weighted by molar-refractivity contribution is 5.98. The first-order valence-electron chi connectivity index (χ1n) is 8.01. The predicted octanol–water partition coefficient (Wildman–Crippen LogP) is 3.60.